The molecule has 0 aliphatic rings. The highest BCUT2D eigenvalue weighted by atomic mass is 14.7. The largest absolute Gasteiger partial charge is 0.261 e. The van der Waals surface area contributed by atoms with Crippen LogP contribution in [0.1, 0.15) is 5.69 Å². The zero-order valence-electron chi connectivity index (χ0n) is 6.46. The van der Waals surface area contributed by atoms with Crippen molar-refractivity contribution < 1.29 is 0 Å². The molecular weight excluding hydrogens is 134 g/mol. The topological polar surface area (TPSA) is 12.9 Å². The van der Waals surface area contributed by atoms with E-state index < -0.39 is 0 Å². The van der Waals surface area contributed by atoms with Gasteiger partial charge in [-0.1, -0.05) is 25.3 Å². The molecule has 0 aliphatic carbocycles. The van der Waals surface area contributed by atoms with Crippen molar-refractivity contribution in [3.05, 3.63) is 54.9 Å². The van der Waals surface area contributed by atoms with Crippen molar-refractivity contribution in [2.24, 2.45) is 0 Å². The molecule has 0 aromatic carbocycles. The smallest absolute Gasteiger partial charge is 0.0447 e. The Morgan fingerprint density at radius 3 is 2.91 bits per heavy atom. The fraction of sp³-hybridized carbons (Fsp3) is 0.100. The van der Waals surface area contributed by atoms with Crippen LogP contribution in [0.4, 0.5) is 0 Å². The van der Waals surface area contributed by atoms with Gasteiger partial charge in [0, 0.05) is 18.3 Å². The second-order valence-electron chi connectivity index (χ2n) is 2.36. The molecule has 0 amide bonds. The van der Waals surface area contributed by atoms with Crippen molar-refractivity contribution in [1.29, 1.82) is 0 Å². The maximum Gasteiger partial charge on any atom is 0.0447 e. The summed E-state index contributed by atoms with van der Waals surface area (Å²) in [7, 11) is 0. The first kappa shape index (κ1) is 7.73. The van der Waals surface area contributed by atoms with Crippen LogP contribution in [-0.4, -0.2) is 4.98 Å². The van der Waals surface area contributed by atoms with E-state index in [1.165, 1.54) is 0 Å². The zero-order valence-corrected chi connectivity index (χ0v) is 6.46. The summed E-state index contributed by atoms with van der Waals surface area (Å²) in [6, 6.07) is 5.85. The molecule has 0 fully saturated rings. The molecule has 1 heterocycles. The van der Waals surface area contributed by atoms with Crippen LogP contribution in [0.5, 0.6) is 0 Å². The Morgan fingerprint density at radius 2 is 2.36 bits per heavy atom. The van der Waals surface area contributed by atoms with E-state index in [1.54, 1.807) is 12.3 Å². The van der Waals surface area contributed by atoms with Crippen LogP contribution < -0.4 is 0 Å². The van der Waals surface area contributed by atoms with Gasteiger partial charge >= 0.3 is 0 Å². The lowest BCUT2D eigenvalue weighted by Crippen LogP contribution is -1.88. The van der Waals surface area contributed by atoms with Crippen LogP contribution >= 0.6 is 0 Å². The molecule has 0 N–H and O–H groups in total. The summed E-state index contributed by atoms with van der Waals surface area (Å²) < 4.78 is 0. The molecule has 0 bridgehead atoms. The van der Waals surface area contributed by atoms with Gasteiger partial charge in [0.2, 0.25) is 0 Å². The minimum Gasteiger partial charge on any atom is -0.261 e. The standard InChI is InChI=1S/C10H11N/c1-3-9(2)8-10-6-4-5-7-11-10/h3-7H,1-2,8H2. The van der Waals surface area contributed by atoms with Gasteiger partial charge < -0.3 is 0 Å². The molecule has 1 aromatic rings. The Bertz CT molecular complexity index is 249. The second-order valence-corrected chi connectivity index (χ2v) is 2.36. The summed E-state index contributed by atoms with van der Waals surface area (Å²) in [4.78, 5) is 4.16. The van der Waals surface area contributed by atoms with Crippen LogP contribution in [0.15, 0.2) is 49.2 Å². The molecule has 0 saturated heterocycles. The highest BCUT2D eigenvalue weighted by molar-refractivity contribution is 5.19. The third kappa shape index (κ3) is 2.38. The number of hydrogen-bond acceptors (Lipinski definition) is 1. The van der Waals surface area contributed by atoms with Gasteiger partial charge in [0.25, 0.3) is 0 Å². The van der Waals surface area contributed by atoms with Crippen LogP contribution in [0.25, 0.3) is 0 Å². The van der Waals surface area contributed by atoms with Crippen LogP contribution in [0.3, 0.4) is 0 Å². The Balaban J connectivity index is 2.65. The van der Waals surface area contributed by atoms with Crippen molar-refractivity contribution in [2.45, 2.75) is 6.42 Å². The Labute approximate surface area is 67.1 Å². The van der Waals surface area contributed by atoms with Gasteiger partial charge in [0.1, 0.15) is 0 Å². The van der Waals surface area contributed by atoms with Gasteiger partial charge in [0.15, 0.2) is 0 Å². The normalized spacial score (nSPS) is 9.09. The quantitative estimate of drug-likeness (QED) is 0.595. The predicted octanol–water partition coefficient (Wildman–Crippen LogP) is 2.37. The summed E-state index contributed by atoms with van der Waals surface area (Å²) in [6.07, 6.45) is 4.34. The zero-order chi connectivity index (χ0) is 8.10. The third-order valence-electron chi connectivity index (χ3n) is 1.42. The molecule has 1 aromatic heterocycles. The number of aromatic nitrogens is 1. The average molecular weight is 145 g/mol. The lowest BCUT2D eigenvalue weighted by molar-refractivity contribution is 1.08. The highest BCUT2D eigenvalue weighted by Crippen LogP contribution is 2.02. The van der Waals surface area contributed by atoms with Crippen molar-refractivity contribution in [1.82, 2.24) is 4.98 Å². The first-order valence-electron chi connectivity index (χ1n) is 3.53. The van der Waals surface area contributed by atoms with E-state index in [4.69, 9.17) is 0 Å². The van der Waals surface area contributed by atoms with Crippen molar-refractivity contribution >= 4 is 0 Å². The third-order valence-corrected chi connectivity index (χ3v) is 1.42. The number of nitrogens with zero attached hydrogens (tertiary/aromatic N) is 1. The number of pyridine rings is 1. The molecule has 0 saturated carbocycles. The molecule has 1 rings (SSSR count). The van der Waals surface area contributed by atoms with Gasteiger partial charge in [-0.25, -0.2) is 0 Å². The fourth-order valence-corrected chi connectivity index (χ4v) is 0.808. The van der Waals surface area contributed by atoms with Gasteiger partial charge in [-0.15, -0.1) is 0 Å². The summed E-state index contributed by atoms with van der Waals surface area (Å²) in [5, 5.41) is 0. The Kier molecular flexibility index (Phi) is 2.61. The van der Waals surface area contributed by atoms with E-state index in [2.05, 4.69) is 18.1 Å². The lowest BCUT2D eigenvalue weighted by atomic mass is 10.1. The van der Waals surface area contributed by atoms with E-state index in [9.17, 15) is 0 Å². The van der Waals surface area contributed by atoms with E-state index in [-0.39, 0.29) is 0 Å². The number of rotatable bonds is 3. The highest BCUT2D eigenvalue weighted by Gasteiger charge is 1.92. The van der Waals surface area contributed by atoms with Crippen molar-refractivity contribution in [2.75, 3.05) is 0 Å². The number of allylic oxidation sites excluding steroid dienone is 2. The molecular formula is C10H11N. The minimum absolute atomic E-state index is 0.796. The van der Waals surface area contributed by atoms with Gasteiger partial charge in [-0.05, 0) is 17.7 Å². The Morgan fingerprint density at radius 1 is 1.55 bits per heavy atom. The summed E-state index contributed by atoms with van der Waals surface area (Å²) in [6.45, 7) is 7.44. The predicted molar refractivity (Wildman–Crippen MR) is 47.3 cm³/mol. The minimum atomic E-state index is 0.796. The summed E-state index contributed by atoms with van der Waals surface area (Å²) in [5.74, 6) is 0. The SMILES string of the molecule is C=CC(=C)Cc1ccccn1. The maximum atomic E-state index is 4.16. The monoisotopic (exact) mass is 145 g/mol. The van der Waals surface area contributed by atoms with Crippen LogP contribution in [0, 0.1) is 0 Å². The molecule has 0 atom stereocenters. The molecule has 56 valence electrons. The summed E-state index contributed by atoms with van der Waals surface area (Å²) >= 11 is 0. The van der Waals surface area contributed by atoms with Gasteiger partial charge in [0.05, 0.1) is 0 Å². The van der Waals surface area contributed by atoms with E-state index in [1.807, 2.05) is 18.2 Å². The summed E-state index contributed by atoms with van der Waals surface area (Å²) in [5.41, 5.74) is 2.04. The molecule has 0 spiro atoms. The lowest BCUT2D eigenvalue weighted by Gasteiger charge is -1.97. The van der Waals surface area contributed by atoms with Gasteiger partial charge in [-0.2, -0.15) is 0 Å². The average Bonchev–Trinajstić information content (AvgIpc) is 2.06. The number of hydrogen-bond donors (Lipinski definition) is 0. The van der Waals surface area contributed by atoms with Crippen LogP contribution in [-0.2, 0) is 6.42 Å². The first-order chi connectivity index (χ1) is 5.33. The van der Waals surface area contributed by atoms with E-state index in [0.717, 1.165) is 17.7 Å². The molecule has 1 heteroatoms. The Hall–Kier alpha value is -1.37. The second kappa shape index (κ2) is 3.71. The molecule has 0 radical (unpaired) electrons. The molecule has 1 nitrogen and oxygen atoms in total. The molecule has 0 unspecified atom stereocenters. The van der Waals surface area contributed by atoms with Gasteiger partial charge in [-0.3, -0.25) is 4.98 Å². The molecule has 0 aliphatic heterocycles. The van der Waals surface area contributed by atoms with E-state index >= 15 is 0 Å². The first-order valence-corrected chi connectivity index (χ1v) is 3.53. The van der Waals surface area contributed by atoms with Crippen LogP contribution in [0.2, 0.25) is 0 Å². The maximum absolute atomic E-state index is 4.16. The fourth-order valence-electron chi connectivity index (χ4n) is 0.808. The van der Waals surface area contributed by atoms with Crippen molar-refractivity contribution in [3.63, 3.8) is 0 Å². The van der Waals surface area contributed by atoms with E-state index in [0.29, 0.717) is 0 Å². The molecule has 11 heavy (non-hydrogen) atoms. The van der Waals surface area contributed by atoms with Crippen molar-refractivity contribution in [3.8, 4) is 0 Å².